The fraction of sp³-hybridized carbons (Fsp3) is 0.167. The number of nitrogens with one attached hydrogen (secondary N) is 1. The third kappa shape index (κ3) is 3.54. The molecule has 0 saturated carbocycles. The largest absolute Gasteiger partial charge is 0.456 e. The Morgan fingerprint density at radius 3 is 2.48 bits per heavy atom. The van der Waals surface area contributed by atoms with Gasteiger partial charge in [0, 0.05) is 24.9 Å². The van der Waals surface area contributed by atoms with Crippen LogP contribution in [-0.2, 0) is 34.7 Å². The van der Waals surface area contributed by atoms with E-state index in [2.05, 4.69) is 9.71 Å². The molecule has 2 aromatic rings. The zero-order valence-electron chi connectivity index (χ0n) is 14.5. The minimum Gasteiger partial charge on any atom is -0.456 e. The number of nitrogens with zero attached hydrogens (tertiary/aromatic N) is 1. The fourth-order valence-electron chi connectivity index (χ4n) is 2.54. The Kier molecular flexibility index (Phi) is 4.71. The number of ether oxygens (including phenoxy) is 2. The van der Waals surface area contributed by atoms with Crippen LogP contribution in [0.2, 0.25) is 0 Å². The van der Waals surface area contributed by atoms with Gasteiger partial charge in [0.15, 0.2) is 0 Å². The molecule has 0 saturated heterocycles. The number of hydrogen-bond donors (Lipinski definition) is 1. The average Bonchev–Trinajstić information content (AvgIpc) is 2.88. The lowest BCUT2D eigenvalue weighted by Gasteiger charge is -2.23. The van der Waals surface area contributed by atoms with E-state index in [0.717, 1.165) is 6.92 Å². The van der Waals surface area contributed by atoms with Gasteiger partial charge >= 0.3 is 5.97 Å². The summed E-state index contributed by atoms with van der Waals surface area (Å²) in [4.78, 5) is 28.2. The molecule has 0 radical (unpaired) electrons. The summed E-state index contributed by atoms with van der Waals surface area (Å²) in [6.07, 6.45) is 2.93. The topological polar surface area (TPSA) is 112 Å². The van der Waals surface area contributed by atoms with E-state index in [1.54, 1.807) is 30.3 Å². The summed E-state index contributed by atoms with van der Waals surface area (Å²) in [5.74, 6) is -2.44. The van der Waals surface area contributed by atoms with E-state index in [9.17, 15) is 18.0 Å². The number of esters is 1. The second-order valence-corrected chi connectivity index (χ2v) is 7.56. The third-order valence-electron chi connectivity index (χ3n) is 3.89. The van der Waals surface area contributed by atoms with Crippen molar-refractivity contribution < 1.29 is 27.5 Å². The van der Waals surface area contributed by atoms with Crippen LogP contribution in [-0.4, -0.2) is 25.2 Å². The van der Waals surface area contributed by atoms with Gasteiger partial charge in [-0.2, -0.15) is 0 Å². The maximum atomic E-state index is 12.9. The Morgan fingerprint density at radius 1 is 1.19 bits per heavy atom. The van der Waals surface area contributed by atoms with Crippen LogP contribution in [0.15, 0.2) is 71.4 Å². The SMILES string of the molecule is CC(=O)OC1=C(NS(=O)(=O)c2ccccc2)OC(C)(c2cccnc2)C1=O. The maximum absolute atomic E-state index is 12.9. The molecule has 1 aliphatic heterocycles. The molecule has 27 heavy (non-hydrogen) atoms. The molecule has 0 fully saturated rings. The Morgan fingerprint density at radius 2 is 1.89 bits per heavy atom. The molecule has 140 valence electrons. The quantitative estimate of drug-likeness (QED) is 0.775. The van der Waals surface area contributed by atoms with E-state index >= 15 is 0 Å². The van der Waals surface area contributed by atoms with Gasteiger partial charge in [-0.05, 0) is 25.1 Å². The normalized spacial score (nSPS) is 19.6. The predicted octanol–water partition coefficient (Wildman–Crippen LogP) is 1.61. The summed E-state index contributed by atoms with van der Waals surface area (Å²) in [6.45, 7) is 2.54. The van der Waals surface area contributed by atoms with Crippen molar-refractivity contribution in [3.8, 4) is 0 Å². The van der Waals surface area contributed by atoms with Gasteiger partial charge < -0.3 is 9.47 Å². The molecular weight excluding hydrogens is 372 g/mol. The Bertz CT molecular complexity index is 1020. The summed E-state index contributed by atoms with van der Waals surface area (Å²) in [5, 5.41) is 0. The van der Waals surface area contributed by atoms with Crippen molar-refractivity contribution in [1.29, 1.82) is 0 Å². The molecule has 1 unspecified atom stereocenters. The first-order valence-corrected chi connectivity index (χ1v) is 9.37. The molecule has 9 heteroatoms. The number of ketones is 1. The number of pyridine rings is 1. The second-order valence-electron chi connectivity index (χ2n) is 5.88. The molecule has 1 aromatic carbocycles. The van der Waals surface area contributed by atoms with Crippen LogP contribution in [0.25, 0.3) is 0 Å². The lowest BCUT2D eigenvalue weighted by atomic mass is 9.93. The van der Waals surface area contributed by atoms with Gasteiger partial charge in [0.05, 0.1) is 4.90 Å². The molecule has 1 atom stereocenters. The summed E-state index contributed by atoms with van der Waals surface area (Å²) in [6, 6.07) is 10.7. The summed E-state index contributed by atoms with van der Waals surface area (Å²) in [7, 11) is -4.06. The zero-order chi connectivity index (χ0) is 19.7. The van der Waals surface area contributed by atoms with Crippen molar-refractivity contribution in [2.24, 2.45) is 0 Å². The van der Waals surface area contributed by atoms with Gasteiger partial charge in [0.2, 0.25) is 11.4 Å². The highest BCUT2D eigenvalue weighted by Gasteiger charge is 2.50. The first kappa shape index (κ1) is 18.6. The molecule has 1 aromatic heterocycles. The van der Waals surface area contributed by atoms with Crippen LogP contribution >= 0.6 is 0 Å². The monoisotopic (exact) mass is 388 g/mol. The van der Waals surface area contributed by atoms with Gasteiger partial charge in [-0.15, -0.1) is 0 Å². The highest BCUT2D eigenvalue weighted by molar-refractivity contribution is 7.89. The van der Waals surface area contributed by atoms with E-state index < -0.39 is 39.0 Å². The molecule has 3 rings (SSSR count). The number of carbonyl (C=O) groups excluding carboxylic acids is 2. The van der Waals surface area contributed by atoms with E-state index in [-0.39, 0.29) is 4.90 Å². The van der Waals surface area contributed by atoms with Crippen molar-refractivity contribution in [2.45, 2.75) is 24.3 Å². The molecule has 0 bridgehead atoms. The summed E-state index contributed by atoms with van der Waals surface area (Å²) >= 11 is 0. The molecule has 2 heterocycles. The van der Waals surface area contributed by atoms with Crippen molar-refractivity contribution in [3.63, 3.8) is 0 Å². The first-order chi connectivity index (χ1) is 12.7. The Balaban J connectivity index is 2.01. The van der Waals surface area contributed by atoms with Gasteiger partial charge in [0.25, 0.3) is 21.7 Å². The number of benzene rings is 1. The first-order valence-electron chi connectivity index (χ1n) is 7.89. The number of hydrogen-bond acceptors (Lipinski definition) is 7. The predicted molar refractivity (Wildman–Crippen MR) is 93.2 cm³/mol. The Labute approximate surface area is 155 Å². The standard InChI is InChI=1S/C18H16N2O6S/c1-12(21)25-15-16(22)18(2,13-7-6-10-19-11-13)26-17(15)20-27(23,24)14-8-4-3-5-9-14/h3-11,20H,1-2H3. The smallest absolute Gasteiger partial charge is 0.308 e. The number of Topliss-reactive ketones (excluding diaryl/α,β-unsaturated/α-hetero) is 1. The molecule has 8 nitrogen and oxygen atoms in total. The Hall–Kier alpha value is -3.20. The summed E-state index contributed by atoms with van der Waals surface area (Å²) in [5.41, 5.74) is -1.21. The average molecular weight is 388 g/mol. The van der Waals surface area contributed by atoms with Crippen molar-refractivity contribution in [1.82, 2.24) is 9.71 Å². The van der Waals surface area contributed by atoms with Crippen LogP contribution in [0.3, 0.4) is 0 Å². The molecule has 0 spiro atoms. The van der Waals surface area contributed by atoms with E-state index in [1.807, 2.05) is 0 Å². The van der Waals surface area contributed by atoms with Crippen molar-refractivity contribution >= 4 is 21.8 Å². The molecule has 0 amide bonds. The van der Waals surface area contributed by atoms with Gasteiger partial charge in [-0.3, -0.25) is 14.6 Å². The van der Waals surface area contributed by atoms with Crippen LogP contribution in [0.4, 0.5) is 0 Å². The minimum atomic E-state index is -4.06. The zero-order valence-corrected chi connectivity index (χ0v) is 15.3. The van der Waals surface area contributed by atoms with Crippen LogP contribution < -0.4 is 4.72 Å². The van der Waals surface area contributed by atoms with Crippen LogP contribution in [0, 0.1) is 0 Å². The van der Waals surface area contributed by atoms with E-state index in [1.165, 1.54) is 31.5 Å². The third-order valence-corrected chi connectivity index (χ3v) is 5.24. The summed E-state index contributed by atoms with van der Waals surface area (Å²) < 4.78 is 38.0. The maximum Gasteiger partial charge on any atom is 0.308 e. The highest BCUT2D eigenvalue weighted by Crippen LogP contribution is 2.38. The second kappa shape index (κ2) is 6.84. The molecule has 1 aliphatic rings. The lowest BCUT2D eigenvalue weighted by Crippen LogP contribution is -2.32. The van der Waals surface area contributed by atoms with Gasteiger partial charge in [-0.1, -0.05) is 24.3 Å². The van der Waals surface area contributed by atoms with E-state index in [4.69, 9.17) is 9.47 Å². The number of aromatic nitrogens is 1. The molecule has 0 aliphatic carbocycles. The van der Waals surface area contributed by atoms with Crippen LogP contribution in [0.1, 0.15) is 19.4 Å². The van der Waals surface area contributed by atoms with Crippen molar-refractivity contribution in [2.75, 3.05) is 0 Å². The van der Waals surface area contributed by atoms with Gasteiger partial charge in [-0.25, -0.2) is 13.1 Å². The number of sulfonamides is 1. The van der Waals surface area contributed by atoms with Crippen LogP contribution in [0.5, 0.6) is 0 Å². The highest BCUT2D eigenvalue weighted by atomic mass is 32.2. The molecular formula is C18H16N2O6S. The van der Waals surface area contributed by atoms with Gasteiger partial charge in [0.1, 0.15) is 0 Å². The number of carbonyl (C=O) groups is 2. The lowest BCUT2D eigenvalue weighted by molar-refractivity contribution is -0.142. The van der Waals surface area contributed by atoms with Crippen molar-refractivity contribution in [3.05, 3.63) is 72.1 Å². The fourth-order valence-corrected chi connectivity index (χ4v) is 3.55. The minimum absolute atomic E-state index is 0.0364. The number of rotatable bonds is 5. The molecule has 1 N–H and O–H groups in total. The van der Waals surface area contributed by atoms with E-state index in [0.29, 0.717) is 5.56 Å².